The third-order valence-electron chi connectivity index (χ3n) is 2.60. The Morgan fingerprint density at radius 1 is 1.06 bits per heavy atom. The SMILES string of the molecule is CNCc1ccc(SCc2cccc(Cl)c2)cc1. The van der Waals surface area contributed by atoms with Crippen LogP contribution in [0.5, 0.6) is 0 Å². The fourth-order valence-electron chi connectivity index (χ4n) is 1.70. The summed E-state index contributed by atoms with van der Waals surface area (Å²) in [5.74, 6) is 0.950. The second kappa shape index (κ2) is 6.83. The lowest BCUT2D eigenvalue weighted by Crippen LogP contribution is -2.04. The van der Waals surface area contributed by atoms with Crippen molar-refractivity contribution in [2.75, 3.05) is 7.05 Å². The van der Waals surface area contributed by atoms with E-state index in [1.165, 1.54) is 16.0 Å². The molecule has 2 aromatic rings. The van der Waals surface area contributed by atoms with Crippen LogP contribution in [0.15, 0.2) is 53.4 Å². The van der Waals surface area contributed by atoms with Gasteiger partial charge in [0.1, 0.15) is 0 Å². The van der Waals surface area contributed by atoms with E-state index in [2.05, 4.69) is 35.6 Å². The lowest BCUT2D eigenvalue weighted by molar-refractivity contribution is 0.817. The van der Waals surface area contributed by atoms with Gasteiger partial charge in [-0.05, 0) is 42.4 Å². The van der Waals surface area contributed by atoms with E-state index in [4.69, 9.17) is 11.6 Å². The van der Waals surface area contributed by atoms with Gasteiger partial charge in [0.15, 0.2) is 0 Å². The van der Waals surface area contributed by atoms with Crippen molar-refractivity contribution in [1.29, 1.82) is 0 Å². The van der Waals surface area contributed by atoms with Gasteiger partial charge in [-0.15, -0.1) is 11.8 Å². The van der Waals surface area contributed by atoms with Crippen LogP contribution >= 0.6 is 23.4 Å². The molecule has 2 aromatic carbocycles. The average molecular weight is 278 g/mol. The van der Waals surface area contributed by atoms with Crippen LogP contribution in [-0.2, 0) is 12.3 Å². The van der Waals surface area contributed by atoms with Gasteiger partial charge in [0.05, 0.1) is 0 Å². The average Bonchev–Trinajstić information content (AvgIpc) is 2.38. The fourth-order valence-corrected chi connectivity index (χ4v) is 2.76. The third kappa shape index (κ3) is 4.05. The van der Waals surface area contributed by atoms with Crippen LogP contribution in [0, 0.1) is 0 Å². The van der Waals surface area contributed by atoms with E-state index in [1.807, 2.05) is 37.0 Å². The number of hydrogen-bond donors (Lipinski definition) is 1. The molecule has 2 rings (SSSR count). The molecule has 0 atom stereocenters. The minimum atomic E-state index is 0.803. The van der Waals surface area contributed by atoms with E-state index in [1.54, 1.807) is 0 Å². The highest BCUT2D eigenvalue weighted by Gasteiger charge is 1.98. The summed E-state index contributed by atoms with van der Waals surface area (Å²) in [4.78, 5) is 1.29. The summed E-state index contributed by atoms with van der Waals surface area (Å²) in [7, 11) is 1.96. The van der Waals surface area contributed by atoms with Gasteiger partial charge in [-0.3, -0.25) is 0 Å². The van der Waals surface area contributed by atoms with Crippen LogP contribution in [-0.4, -0.2) is 7.05 Å². The summed E-state index contributed by atoms with van der Waals surface area (Å²) in [5.41, 5.74) is 2.57. The van der Waals surface area contributed by atoms with Crippen molar-refractivity contribution in [1.82, 2.24) is 5.32 Å². The molecule has 0 spiro atoms. The van der Waals surface area contributed by atoms with E-state index in [0.29, 0.717) is 0 Å². The summed E-state index contributed by atoms with van der Waals surface area (Å²) < 4.78 is 0. The number of thioether (sulfide) groups is 1. The summed E-state index contributed by atoms with van der Waals surface area (Å²) in [5, 5.41) is 3.95. The second-order valence-electron chi connectivity index (χ2n) is 4.09. The minimum absolute atomic E-state index is 0.803. The Kier molecular flexibility index (Phi) is 5.12. The molecule has 3 heteroatoms. The molecule has 0 radical (unpaired) electrons. The van der Waals surface area contributed by atoms with Gasteiger partial charge in [-0.2, -0.15) is 0 Å². The molecule has 0 unspecified atom stereocenters. The molecule has 0 aliphatic carbocycles. The van der Waals surface area contributed by atoms with Gasteiger partial charge < -0.3 is 5.32 Å². The topological polar surface area (TPSA) is 12.0 Å². The van der Waals surface area contributed by atoms with Gasteiger partial charge in [0.2, 0.25) is 0 Å². The predicted octanol–water partition coefficient (Wildman–Crippen LogP) is 4.35. The van der Waals surface area contributed by atoms with Crippen LogP contribution in [0.3, 0.4) is 0 Å². The standard InChI is InChI=1S/C15H16ClNS/c1-17-10-12-5-7-15(8-6-12)18-11-13-3-2-4-14(16)9-13/h2-9,17H,10-11H2,1H3. The first kappa shape index (κ1) is 13.5. The Morgan fingerprint density at radius 2 is 1.83 bits per heavy atom. The van der Waals surface area contributed by atoms with E-state index in [-0.39, 0.29) is 0 Å². The largest absolute Gasteiger partial charge is 0.316 e. The molecule has 0 aliphatic heterocycles. The molecule has 0 fully saturated rings. The predicted molar refractivity (Wildman–Crippen MR) is 80.2 cm³/mol. The first-order valence-corrected chi connectivity index (χ1v) is 7.25. The van der Waals surface area contributed by atoms with Crippen LogP contribution in [0.1, 0.15) is 11.1 Å². The second-order valence-corrected chi connectivity index (χ2v) is 5.58. The summed E-state index contributed by atoms with van der Waals surface area (Å²) in [6.07, 6.45) is 0. The van der Waals surface area contributed by atoms with Gasteiger partial charge in [0, 0.05) is 22.2 Å². The van der Waals surface area contributed by atoms with Gasteiger partial charge in [-0.25, -0.2) is 0 Å². The Balaban J connectivity index is 1.93. The van der Waals surface area contributed by atoms with Crippen molar-refractivity contribution < 1.29 is 0 Å². The molecule has 0 amide bonds. The van der Waals surface area contributed by atoms with E-state index in [9.17, 15) is 0 Å². The molecule has 0 aromatic heterocycles. The first-order valence-electron chi connectivity index (χ1n) is 5.89. The smallest absolute Gasteiger partial charge is 0.0409 e. The van der Waals surface area contributed by atoms with Crippen molar-refractivity contribution in [2.24, 2.45) is 0 Å². The maximum atomic E-state index is 5.97. The summed E-state index contributed by atoms with van der Waals surface area (Å²) in [6.45, 7) is 0.916. The molecule has 0 aliphatic rings. The van der Waals surface area contributed by atoms with Gasteiger partial charge >= 0.3 is 0 Å². The van der Waals surface area contributed by atoms with E-state index in [0.717, 1.165) is 17.3 Å². The molecule has 0 bridgehead atoms. The highest BCUT2D eigenvalue weighted by molar-refractivity contribution is 7.98. The van der Waals surface area contributed by atoms with Crippen molar-refractivity contribution in [3.05, 3.63) is 64.7 Å². The van der Waals surface area contributed by atoms with Gasteiger partial charge in [-0.1, -0.05) is 35.9 Å². The van der Waals surface area contributed by atoms with Crippen LogP contribution < -0.4 is 5.32 Å². The molecule has 1 N–H and O–H groups in total. The van der Waals surface area contributed by atoms with Crippen LogP contribution in [0.2, 0.25) is 5.02 Å². The van der Waals surface area contributed by atoms with Crippen molar-refractivity contribution >= 4 is 23.4 Å². The zero-order chi connectivity index (χ0) is 12.8. The van der Waals surface area contributed by atoms with E-state index < -0.39 is 0 Å². The van der Waals surface area contributed by atoms with E-state index >= 15 is 0 Å². The lowest BCUT2D eigenvalue weighted by Gasteiger charge is -2.04. The molecule has 94 valence electrons. The van der Waals surface area contributed by atoms with Crippen LogP contribution in [0.4, 0.5) is 0 Å². The molecular formula is C15H16ClNS. The zero-order valence-electron chi connectivity index (χ0n) is 10.3. The number of hydrogen-bond acceptors (Lipinski definition) is 2. The maximum Gasteiger partial charge on any atom is 0.0409 e. The Labute approximate surface area is 118 Å². The Morgan fingerprint density at radius 3 is 2.50 bits per heavy atom. The highest BCUT2D eigenvalue weighted by atomic mass is 35.5. The van der Waals surface area contributed by atoms with Crippen molar-refractivity contribution in [3.63, 3.8) is 0 Å². The summed E-state index contributed by atoms with van der Waals surface area (Å²) in [6, 6.07) is 16.7. The normalized spacial score (nSPS) is 10.6. The molecular weight excluding hydrogens is 262 g/mol. The molecule has 0 heterocycles. The molecule has 0 saturated heterocycles. The monoisotopic (exact) mass is 277 g/mol. The minimum Gasteiger partial charge on any atom is -0.316 e. The lowest BCUT2D eigenvalue weighted by atomic mass is 10.2. The summed E-state index contributed by atoms with van der Waals surface area (Å²) >= 11 is 7.80. The molecule has 18 heavy (non-hydrogen) atoms. The molecule has 1 nitrogen and oxygen atoms in total. The highest BCUT2D eigenvalue weighted by Crippen LogP contribution is 2.24. The third-order valence-corrected chi connectivity index (χ3v) is 3.92. The number of rotatable bonds is 5. The maximum absolute atomic E-state index is 5.97. The van der Waals surface area contributed by atoms with Crippen molar-refractivity contribution in [3.8, 4) is 0 Å². The van der Waals surface area contributed by atoms with Crippen molar-refractivity contribution in [2.45, 2.75) is 17.2 Å². The molecule has 0 saturated carbocycles. The fraction of sp³-hybridized carbons (Fsp3) is 0.200. The van der Waals surface area contributed by atoms with Crippen LogP contribution in [0.25, 0.3) is 0 Å². The zero-order valence-corrected chi connectivity index (χ0v) is 11.9. The first-order chi connectivity index (χ1) is 8.78. The number of halogens is 1. The van der Waals surface area contributed by atoms with Gasteiger partial charge in [0.25, 0.3) is 0 Å². The quantitative estimate of drug-likeness (QED) is 0.816. The number of nitrogens with one attached hydrogen (secondary N) is 1. The number of benzene rings is 2. The Bertz CT molecular complexity index is 496. The Hall–Kier alpha value is -0.960.